The van der Waals surface area contributed by atoms with Gasteiger partial charge in [-0.25, -0.2) is 0 Å². The van der Waals surface area contributed by atoms with Crippen LogP contribution in [0.5, 0.6) is 0 Å². The van der Waals surface area contributed by atoms with Crippen molar-refractivity contribution in [2.75, 3.05) is 13.7 Å². The highest BCUT2D eigenvalue weighted by atomic mass is 35.5. The van der Waals surface area contributed by atoms with Gasteiger partial charge in [0, 0.05) is 22.4 Å². The third kappa shape index (κ3) is 5.88. The molecular weight excluding hydrogens is 391 g/mol. The molecule has 0 bridgehead atoms. The minimum Gasteiger partial charge on any atom is -0.376 e. The number of hydrogen-bond acceptors (Lipinski definition) is 4. The number of thioether (sulfide) groups is 1. The van der Waals surface area contributed by atoms with Crippen LogP contribution in [0.1, 0.15) is 17.5 Å². The fraction of sp³-hybridized carbons (Fsp3) is 0.400. The number of benzene rings is 2. The van der Waals surface area contributed by atoms with Crippen molar-refractivity contribution >= 4 is 35.0 Å². The molecule has 3 nitrogen and oxygen atoms in total. The average Bonchev–Trinajstić information content (AvgIpc) is 3.05. The van der Waals surface area contributed by atoms with Crippen molar-refractivity contribution in [2.45, 2.75) is 36.4 Å². The van der Waals surface area contributed by atoms with E-state index >= 15 is 0 Å². The van der Waals surface area contributed by atoms with E-state index in [1.807, 2.05) is 48.5 Å². The zero-order valence-corrected chi connectivity index (χ0v) is 16.9. The monoisotopic (exact) mass is 412 g/mol. The Morgan fingerprint density at radius 1 is 0.923 bits per heavy atom. The zero-order valence-electron chi connectivity index (χ0n) is 14.6. The lowest BCUT2D eigenvalue weighted by atomic mass is 10.2. The predicted molar refractivity (Wildman–Crippen MR) is 108 cm³/mol. The molecule has 1 heterocycles. The van der Waals surface area contributed by atoms with Gasteiger partial charge in [-0.1, -0.05) is 47.5 Å². The molecule has 3 unspecified atom stereocenters. The van der Waals surface area contributed by atoms with Crippen LogP contribution >= 0.6 is 35.0 Å². The second kappa shape index (κ2) is 9.98. The molecule has 0 amide bonds. The summed E-state index contributed by atoms with van der Waals surface area (Å²) in [5, 5.41) is 1.84. The summed E-state index contributed by atoms with van der Waals surface area (Å²) in [5.74, 6) is 0. The van der Waals surface area contributed by atoms with E-state index in [4.69, 9.17) is 37.4 Å². The van der Waals surface area contributed by atoms with Crippen LogP contribution in [-0.2, 0) is 27.4 Å². The molecule has 0 aliphatic carbocycles. The molecule has 140 valence electrons. The van der Waals surface area contributed by atoms with E-state index in [1.165, 1.54) is 0 Å². The third-order valence-electron chi connectivity index (χ3n) is 4.22. The minimum atomic E-state index is 0.0337. The summed E-state index contributed by atoms with van der Waals surface area (Å²) in [5.41, 5.74) is 2.26. The second-order valence-corrected chi connectivity index (χ2v) is 8.49. The van der Waals surface area contributed by atoms with Crippen LogP contribution in [-0.4, -0.2) is 30.5 Å². The number of methoxy groups -OCH3 is 1. The van der Waals surface area contributed by atoms with Gasteiger partial charge in [-0.05, 0) is 41.8 Å². The van der Waals surface area contributed by atoms with Crippen molar-refractivity contribution in [3.8, 4) is 0 Å². The predicted octanol–water partition coefficient (Wildman–Crippen LogP) is 5.57. The lowest BCUT2D eigenvalue weighted by Gasteiger charge is -2.17. The van der Waals surface area contributed by atoms with E-state index in [-0.39, 0.29) is 11.5 Å². The first-order valence-electron chi connectivity index (χ1n) is 8.50. The Morgan fingerprint density at radius 2 is 1.50 bits per heavy atom. The molecule has 2 aromatic rings. The normalized spacial score (nSPS) is 22.7. The highest BCUT2D eigenvalue weighted by Crippen LogP contribution is 2.37. The van der Waals surface area contributed by atoms with E-state index < -0.39 is 0 Å². The first kappa shape index (κ1) is 20.0. The standard InChI is InChI=1S/C20H22Cl2O3S/c1-23-20-19(25-12-15-4-8-17(22)9-5-15)10-18(26-20)13-24-11-14-2-6-16(21)7-3-14/h2-9,18-20H,10-13H2,1H3. The van der Waals surface area contributed by atoms with Gasteiger partial charge < -0.3 is 14.2 Å². The maximum Gasteiger partial charge on any atom is 0.129 e. The smallest absolute Gasteiger partial charge is 0.129 e. The van der Waals surface area contributed by atoms with Crippen molar-refractivity contribution in [1.82, 2.24) is 0 Å². The highest BCUT2D eigenvalue weighted by molar-refractivity contribution is 8.00. The first-order chi connectivity index (χ1) is 12.6. The van der Waals surface area contributed by atoms with E-state index in [0.29, 0.717) is 25.1 Å². The molecule has 0 saturated carbocycles. The van der Waals surface area contributed by atoms with Crippen molar-refractivity contribution in [1.29, 1.82) is 0 Å². The molecule has 1 fully saturated rings. The summed E-state index contributed by atoms with van der Waals surface area (Å²) < 4.78 is 17.5. The first-order valence-corrected chi connectivity index (χ1v) is 10.2. The average molecular weight is 413 g/mol. The lowest BCUT2D eigenvalue weighted by Crippen LogP contribution is -2.23. The molecule has 3 atom stereocenters. The minimum absolute atomic E-state index is 0.0337. The van der Waals surface area contributed by atoms with Gasteiger partial charge in [0.25, 0.3) is 0 Å². The Labute approximate surface area is 168 Å². The van der Waals surface area contributed by atoms with Gasteiger partial charge >= 0.3 is 0 Å². The topological polar surface area (TPSA) is 27.7 Å². The molecule has 0 aromatic heterocycles. The molecule has 0 N–H and O–H groups in total. The van der Waals surface area contributed by atoms with Gasteiger partial charge in [-0.3, -0.25) is 0 Å². The lowest BCUT2D eigenvalue weighted by molar-refractivity contribution is -0.0250. The number of halogens is 2. The second-order valence-electron chi connectivity index (χ2n) is 6.22. The molecule has 1 aliphatic rings. The Bertz CT molecular complexity index is 678. The summed E-state index contributed by atoms with van der Waals surface area (Å²) in [4.78, 5) is 0. The molecule has 3 rings (SSSR count). The quantitative estimate of drug-likeness (QED) is 0.565. The molecule has 26 heavy (non-hydrogen) atoms. The fourth-order valence-corrected chi connectivity index (χ4v) is 4.42. The molecule has 1 saturated heterocycles. The summed E-state index contributed by atoms with van der Waals surface area (Å²) >= 11 is 13.6. The molecule has 0 spiro atoms. The van der Waals surface area contributed by atoms with Gasteiger partial charge in [0.1, 0.15) is 5.44 Å². The fourth-order valence-electron chi connectivity index (χ4n) is 2.84. The van der Waals surface area contributed by atoms with Crippen LogP contribution < -0.4 is 0 Å². The highest BCUT2D eigenvalue weighted by Gasteiger charge is 2.36. The van der Waals surface area contributed by atoms with E-state index in [0.717, 1.165) is 27.6 Å². The molecule has 1 aliphatic heterocycles. The van der Waals surface area contributed by atoms with Gasteiger partial charge in [-0.2, -0.15) is 0 Å². The van der Waals surface area contributed by atoms with Crippen LogP contribution in [0.3, 0.4) is 0 Å². The zero-order chi connectivity index (χ0) is 18.4. The molecule has 0 radical (unpaired) electrons. The summed E-state index contributed by atoms with van der Waals surface area (Å²) in [7, 11) is 1.73. The molecular formula is C20H22Cl2O3S. The number of rotatable bonds is 8. The van der Waals surface area contributed by atoms with Crippen LogP contribution in [0.25, 0.3) is 0 Å². The van der Waals surface area contributed by atoms with E-state index in [9.17, 15) is 0 Å². The Hall–Kier alpha value is -0.750. The van der Waals surface area contributed by atoms with Crippen molar-refractivity contribution in [3.63, 3.8) is 0 Å². The molecule has 2 aromatic carbocycles. The van der Waals surface area contributed by atoms with Crippen molar-refractivity contribution in [2.24, 2.45) is 0 Å². The van der Waals surface area contributed by atoms with Crippen LogP contribution in [0.15, 0.2) is 48.5 Å². The van der Waals surface area contributed by atoms with Gasteiger partial charge in [0.2, 0.25) is 0 Å². The van der Waals surface area contributed by atoms with Crippen LogP contribution in [0.4, 0.5) is 0 Å². The van der Waals surface area contributed by atoms with E-state index in [2.05, 4.69) is 0 Å². The Kier molecular flexibility index (Phi) is 7.67. The van der Waals surface area contributed by atoms with Crippen LogP contribution in [0, 0.1) is 0 Å². The van der Waals surface area contributed by atoms with Gasteiger partial charge in [0.05, 0.1) is 25.9 Å². The van der Waals surface area contributed by atoms with E-state index in [1.54, 1.807) is 18.9 Å². The van der Waals surface area contributed by atoms with Crippen molar-refractivity contribution in [3.05, 3.63) is 69.7 Å². The SMILES string of the molecule is COC1SC(COCc2ccc(Cl)cc2)CC1OCc1ccc(Cl)cc1. The molecule has 6 heteroatoms. The maximum atomic E-state index is 6.08. The van der Waals surface area contributed by atoms with Gasteiger partial charge in [0.15, 0.2) is 0 Å². The number of hydrogen-bond donors (Lipinski definition) is 0. The van der Waals surface area contributed by atoms with Crippen molar-refractivity contribution < 1.29 is 14.2 Å². The summed E-state index contributed by atoms with van der Waals surface area (Å²) in [6.45, 7) is 1.82. The maximum absolute atomic E-state index is 6.08. The summed E-state index contributed by atoms with van der Waals surface area (Å²) in [6.07, 6.45) is 0.974. The summed E-state index contributed by atoms with van der Waals surface area (Å²) in [6, 6.07) is 15.5. The Morgan fingerprint density at radius 3 is 2.08 bits per heavy atom. The number of ether oxygens (including phenoxy) is 3. The Balaban J connectivity index is 1.44. The third-order valence-corrected chi connectivity index (χ3v) is 6.20. The van der Waals surface area contributed by atoms with Crippen LogP contribution in [0.2, 0.25) is 10.0 Å². The van der Waals surface area contributed by atoms with Gasteiger partial charge in [-0.15, -0.1) is 11.8 Å². The largest absolute Gasteiger partial charge is 0.376 e.